The van der Waals surface area contributed by atoms with Gasteiger partial charge in [-0.1, -0.05) is 0 Å². The summed E-state index contributed by atoms with van der Waals surface area (Å²) in [4.78, 5) is 17.5. The van der Waals surface area contributed by atoms with E-state index in [1.165, 1.54) is 6.07 Å². The third-order valence-corrected chi connectivity index (χ3v) is 5.00. The van der Waals surface area contributed by atoms with Crippen molar-refractivity contribution in [2.24, 2.45) is 5.73 Å². The summed E-state index contributed by atoms with van der Waals surface area (Å²) >= 11 is 0. The summed E-state index contributed by atoms with van der Waals surface area (Å²) in [5.41, 5.74) is 16.7. The zero-order valence-electron chi connectivity index (χ0n) is 14.6. The highest BCUT2D eigenvalue weighted by molar-refractivity contribution is 5.90. The zero-order valence-corrected chi connectivity index (χ0v) is 14.6. The highest BCUT2D eigenvalue weighted by Gasteiger charge is 2.27. The van der Waals surface area contributed by atoms with E-state index in [9.17, 15) is 9.18 Å². The van der Waals surface area contributed by atoms with Crippen molar-refractivity contribution < 1.29 is 9.13 Å². The molecule has 0 spiro atoms. The molecule has 134 valence electrons. The van der Waals surface area contributed by atoms with Gasteiger partial charge in [-0.15, -0.1) is 0 Å². The Morgan fingerprint density at radius 3 is 2.77 bits per heavy atom. The van der Waals surface area contributed by atoms with E-state index in [2.05, 4.69) is 4.98 Å². The fraction of sp³-hybridized carbons (Fsp3) is 0.263. The van der Waals surface area contributed by atoms with Crippen LogP contribution in [0.3, 0.4) is 0 Å². The highest BCUT2D eigenvalue weighted by Crippen LogP contribution is 2.36. The first-order valence-electron chi connectivity index (χ1n) is 8.29. The molecule has 6 nitrogen and oxygen atoms in total. The van der Waals surface area contributed by atoms with Gasteiger partial charge in [-0.25, -0.2) is 9.37 Å². The summed E-state index contributed by atoms with van der Waals surface area (Å²) in [6.07, 6.45) is 0. The molecule has 1 aliphatic rings. The van der Waals surface area contributed by atoms with Crippen LogP contribution in [0.2, 0.25) is 0 Å². The van der Waals surface area contributed by atoms with Crippen LogP contribution < -0.4 is 17.0 Å². The molecule has 26 heavy (non-hydrogen) atoms. The molecule has 3 heterocycles. The van der Waals surface area contributed by atoms with E-state index in [1.807, 2.05) is 13.0 Å². The van der Waals surface area contributed by atoms with E-state index in [-0.39, 0.29) is 24.4 Å². The fourth-order valence-electron chi connectivity index (χ4n) is 3.66. The van der Waals surface area contributed by atoms with Gasteiger partial charge in [-0.3, -0.25) is 4.79 Å². The van der Waals surface area contributed by atoms with Gasteiger partial charge in [-0.2, -0.15) is 0 Å². The topological polar surface area (TPSA) is 96.2 Å². The molecular formula is C19H19FN4O2. The summed E-state index contributed by atoms with van der Waals surface area (Å²) in [6, 6.07) is 4.80. The molecule has 0 unspecified atom stereocenters. The predicted octanol–water partition coefficient (Wildman–Crippen LogP) is 2.06. The minimum Gasteiger partial charge on any atom is -0.396 e. The van der Waals surface area contributed by atoms with E-state index in [1.54, 1.807) is 17.7 Å². The molecule has 1 aromatic carbocycles. The van der Waals surface area contributed by atoms with Gasteiger partial charge in [0.05, 0.1) is 35.7 Å². The molecule has 4 rings (SSSR count). The number of pyridine rings is 2. The molecule has 1 aliphatic heterocycles. The van der Waals surface area contributed by atoms with Crippen LogP contribution in [0.15, 0.2) is 23.0 Å². The zero-order chi connectivity index (χ0) is 18.6. The quantitative estimate of drug-likeness (QED) is 0.549. The molecular weight excluding hydrogens is 335 g/mol. The molecule has 3 aromatic rings. The van der Waals surface area contributed by atoms with Crippen molar-refractivity contribution >= 4 is 16.6 Å². The maximum absolute atomic E-state index is 13.9. The van der Waals surface area contributed by atoms with Crippen molar-refractivity contribution in [3.63, 3.8) is 0 Å². The lowest BCUT2D eigenvalue weighted by Gasteiger charge is -2.11. The monoisotopic (exact) mass is 354 g/mol. The van der Waals surface area contributed by atoms with E-state index in [0.717, 1.165) is 27.8 Å². The Morgan fingerprint density at radius 2 is 2.08 bits per heavy atom. The number of ether oxygens (including phenoxy) is 1. The number of rotatable bonds is 3. The number of nitrogen functional groups attached to an aromatic ring is 1. The maximum Gasteiger partial charge on any atom is 0.257 e. The van der Waals surface area contributed by atoms with Crippen LogP contribution in [0, 0.1) is 12.7 Å². The number of nitrogens with two attached hydrogens (primary N) is 2. The Kier molecular flexibility index (Phi) is 3.78. The van der Waals surface area contributed by atoms with Crippen LogP contribution in [0.5, 0.6) is 0 Å². The second-order valence-electron chi connectivity index (χ2n) is 6.53. The lowest BCUT2D eigenvalue weighted by atomic mass is 10.00. The number of aromatic nitrogens is 2. The van der Waals surface area contributed by atoms with Crippen molar-refractivity contribution in [2.45, 2.75) is 26.6 Å². The second-order valence-corrected chi connectivity index (χ2v) is 6.53. The fourth-order valence-corrected chi connectivity index (χ4v) is 3.66. The third-order valence-electron chi connectivity index (χ3n) is 5.00. The highest BCUT2D eigenvalue weighted by atomic mass is 19.1. The number of fused-ring (bicyclic) bond motifs is 4. The van der Waals surface area contributed by atoms with Gasteiger partial charge >= 0.3 is 0 Å². The van der Waals surface area contributed by atoms with Crippen LogP contribution >= 0.6 is 0 Å². The normalized spacial score (nSPS) is 12.5. The summed E-state index contributed by atoms with van der Waals surface area (Å²) in [5, 5.41) is 0.722. The standard InChI is InChI=1S/C19H19FN4O2/c1-9-3-17-18-12(7-24(17)19(25)13(9)8-26-2)11(6-21)10-4-15(22)14(20)5-16(10)23-18/h3-5H,6-8,21-22H2,1-2H3. The molecule has 0 fully saturated rings. The Hall–Kier alpha value is -2.77. The molecule has 0 radical (unpaired) electrons. The first-order valence-corrected chi connectivity index (χ1v) is 8.29. The van der Waals surface area contributed by atoms with Crippen LogP contribution in [-0.4, -0.2) is 16.7 Å². The van der Waals surface area contributed by atoms with E-state index in [4.69, 9.17) is 16.2 Å². The molecule has 0 aliphatic carbocycles. The van der Waals surface area contributed by atoms with E-state index >= 15 is 0 Å². The van der Waals surface area contributed by atoms with E-state index < -0.39 is 5.82 Å². The molecule has 4 N–H and O–H groups in total. The van der Waals surface area contributed by atoms with Crippen LogP contribution in [-0.2, 0) is 24.4 Å². The summed E-state index contributed by atoms with van der Waals surface area (Å²) in [7, 11) is 1.56. The second kappa shape index (κ2) is 5.89. The van der Waals surface area contributed by atoms with Gasteiger partial charge in [0.1, 0.15) is 5.82 Å². The van der Waals surface area contributed by atoms with Crippen molar-refractivity contribution in [2.75, 3.05) is 12.8 Å². The minimum absolute atomic E-state index is 0.0554. The predicted molar refractivity (Wildman–Crippen MR) is 98.3 cm³/mol. The Labute approximate surface area is 149 Å². The lowest BCUT2D eigenvalue weighted by molar-refractivity contribution is 0.183. The van der Waals surface area contributed by atoms with Gasteiger partial charge in [0.25, 0.3) is 5.56 Å². The molecule has 0 atom stereocenters. The van der Waals surface area contributed by atoms with Gasteiger partial charge in [0, 0.05) is 36.2 Å². The van der Waals surface area contributed by atoms with Crippen molar-refractivity contribution in [1.82, 2.24) is 9.55 Å². The summed E-state index contributed by atoms with van der Waals surface area (Å²) in [5.74, 6) is -0.519. The molecule has 0 saturated carbocycles. The largest absolute Gasteiger partial charge is 0.396 e. The minimum atomic E-state index is -0.519. The van der Waals surface area contributed by atoms with Crippen molar-refractivity contribution in [1.29, 1.82) is 0 Å². The Bertz CT molecular complexity index is 1120. The Morgan fingerprint density at radius 1 is 1.31 bits per heavy atom. The smallest absolute Gasteiger partial charge is 0.257 e. The summed E-state index contributed by atoms with van der Waals surface area (Å²) < 4.78 is 20.8. The van der Waals surface area contributed by atoms with Gasteiger partial charge in [0.2, 0.25) is 0 Å². The number of aryl methyl sites for hydroxylation is 1. The molecule has 0 bridgehead atoms. The molecule has 0 saturated heterocycles. The molecule has 0 amide bonds. The van der Waals surface area contributed by atoms with Crippen LogP contribution in [0.1, 0.15) is 22.3 Å². The number of nitrogens with zero attached hydrogens (tertiary/aromatic N) is 2. The number of halogens is 1. The number of hydrogen-bond acceptors (Lipinski definition) is 5. The summed E-state index contributed by atoms with van der Waals surface area (Å²) in [6.45, 7) is 2.76. The first kappa shape index (κ1) is 16.7. The maximum atomic E-state index is 13.9. The SMILES string of the molecule is COCc1c(C)cc2n(c1=O)Cc1c-2nc2cc(F)c(N)cc2c1CN. The van der Waals surface area contributed by atoms with Crippen LogP contribution in [0.25, 0.3) is 22.3 Å². The van der Waals surface area contributed by atoms with Crippen molar-refractivity contribution in [3.05, 3.63) is 56.6 Å². The Balaban J connectivity index is 2.04. The number of benzene rings is 1. The lowest BCUT2D eigenvalue weighted by Crippen LogP contribution is -2.24. The van der Waals surface area contributed by atoms with Crippen LogP contribution in [0.4, 0.5) is 10.1 Å². The van der Waals surface area contributed by atoms with E-state index in [0.29, 0.717) is 23.3 Å². The molecule has 2 aromatic heterocycles. The third kappa shape index (κ3) is 2.24. The average molecular weight is 354 g/mol. The first-order chi connectivity index (χ1) is 12.5. The van der Waals surface area contributed by atoms with Gasteiger partial charge < -0.3 is 20.8 Å². The molecule has 7 heteroatoms. The number of methoxy groups -OCH3 is 1. The average Bonchev–Trinajstić information content (AvgIpc) is 2.96. The van der Waals surface area contributed by atoms with Gasteiger partial charge in [-0.05, 0) is 30.2 Å². The van der Waals surface area contributed by atoms with Crippen molar-refractivity contribution in [3.8, 4) is 11.4 Å². The van der Waals surface area contributed by atoms with Gasteiger partial charge in [0.15, 0.2) is 0 Å². The number of anilines is 1. The number of hydrogen-bond donors (Lipinski definition) is 2.